The SMILES string of the molecule is CC(O)C1CCN(c2cc(Cl)ccc2C(N)=S)CC1. The minimum atomic E-state index is -0.239. The molecule has 1 aliphatic heterocycles. The fourth-order valence-electron chi connectivity index (χ4n) is 2.60. The molecule has 0 bridgehead atoms. The van der Waals surface area contributed by atoms with Crippen LogP contribution in [0.4, 0.5) is 5.69 Å². The smallest absolute Gasteiger partial charge is 0.106 e. The van der Waals surface area contributed by atoms with Gasteiger partial charge < -0.3 is 15.7 Å². The molecule has 1 aromatic rings. The molecule has 1 atom stereocenters. The third-order valence-corrected chi connectivity index (χ3v) is 4.24. The minimum absolute atomic E-state index is 0.239. The van der Waals surface area contributed by atoms with Crippen LogP contribution in [0.15, 0.2) is 18.2 Å². The fraction of sp³-hybridized carbons (Fsp3) is 0.500. The Kier molecular flexibility index (Phi) is 4.66. The van der Waals surface area contributed by atoms with Gasteiger partial charge in [0.15, 0.2) is 0 Å². The summed E-state index contributed by atoms with van der Waals surface area (Å²) in [5.74, 6) is 0.378. The molecule has 1 aliphatic rings. The maximum Gasteiger partial charge on any atom is 0.106 e. The van der Waals surface area contributed by atoms with Crippen LogP contribution in [-0.4, -0.2) is 29.3 Å². The molecular weight excluding hydrogens is 280 g/mol. The Hall–Kier alpha value is -0.840. The third kappa shape index (κ3) is 3.38. The van der Waals surface area contributed by atoms with Crippen LogP contribution in [0, 0.1) is 5.92 Å². The van der Waals surface area contributed by atoms with E-state index in [1.54, 1.807) is 0 Å². The van der Waals surface area contributed by atoms with E-state index in [4.69, 9.17) is 29.6 Å². The van der Waals surface area contributed by atoms with Crippen LogP contribution >= 0.6 is 23.8 Å². The van der Waals surface area contributed by atoms with Crippen molar-refractivity contribution in [2.75, 3.05) is 18.0 Å². The molecular formula is C14H19ClN2OS. The molecule has 104 valence electrons. The van der Waals surface area contributed by atoms with Gasteiger partial charge in [-0.05, 0) is 43.9 Å². The molecule has 2 rings (SSSR count). The van der Waals surface area contributed by atoms with Crippen molar-refractivity contribution in [3.8, 4) is 0 Å². The maximum atomic E-state index is 9.64. The van der Waals surface area contributed by atoms with E-state index in [1.165, 1.54) is 0 Å². The van der Waals surface area contributed by atoms with Crippen molar-refractivity contribution in [1.82, 2.24) is 0 Å². The van der Waals surface area contributed by atoms with Crippen molar-refractivity contribution in [2.45, 2.75) is 25.9 Å². The average Bonchev–Trinajstić information content (AvgIpc) is 2.38. The van der Waals surface area contributed by atoms with Gasteiger partial charge in [0.1, 0.15) is 4.99 Å². The zero-order chi connectivity index (χ0) is 14.0. The standard InChI is InChI=1S/C14H19ClN2OS/c1-9(18)10-4-6-17(7-5-10)13-8-11(15)2-3-12(13)14(16)19/h2-3,8-10,18H,4-7H2,1H3,(H2,16,19). The van der Waals surface area contributed by atoms with Gasteiger partial charge in [0, 0.05) is 29.4 Å². The van der Waals surface area contributed by atoms with Crippen LogP contribution in [0.3, 0.4) is 0 Å². The molecule has 0 amide bonds. The van der Waals surface area contributed by atoms with Gasteiger partial charge >= 0.3 is 0 Å². The largest absolute Gasteiger partial charge is 0.393 e. The predicted molar refractivity (Wildman–Crippen MR) is 84.0 cm³/mol. The van der Waals surface area contributed by atoms with Crippen LogP contribution in [0.25, 0.3) is 0 Å². The number of nitrogens with zero attached hydrogens (tertiary/aromatic N) is 1. The van der Waals surface area contributed by atoms with Crippen molar-refractivity contribution >= 4 is 34.5 Å². The number of aliphatic hydroxyl groups is 1. The summed E-state index contributed by atoms with van der Waals surface area (Å²) in [5, 5.41) is 10.3. The summed E-state index contributed by atoms with van der Waals surface area (Å²) >= 11 is 11.2. The highest BCUT2D eigenvalue weighted by Gasteiger charge is 2.24. The number of hydrogen-bond acceptors (Lipinski definition) is 3. The molecule has 0 radical (unpaired) electrons. The Morgan fingerprint density at radius 3 is 2.63 bits per heavy atom. The molecule has 1 heterocycles. The number of thiocarbonyl (C=S) groups is 1. The van der Waals surface area contributed by atoms with E-state index in [-0.39, 0.29) is 6.10 Å². The van der Waals surface area contributed by atoms with Crippen LogP contribution < -0.4 is 10.6 Å². The molecule has 0 aliphatic carbocycles. The number of benzene rings is 1. The zero-order valence-corrected chi connectivity index (χ0v) is 12.5. The fourth-order valence-corrected chi connectivity index (χ4v) is 2.94. The van der Waals surface area contributed by atoms with Crippen LogP contribution in [0.5, 0.6) is 0 Å². The Morgan fingerprint density at radius 1 is 1.47 bits per heavy atom. The van der Waals surface area contributed by atoms with Crippen molar-refractivity contribution in [3.05, 3.63) is 28.8 Å². The molecule has 3 N–H and O–H groups in total. The van der Waals surface area contributed by atoms with Crippen LogP contribution in [0.1, 0.15) is 25.3 Å². The predicted octanol–water partition coefficient (Wildman–Crippen LogP) is 2.57. The van der Waals surface area contributed by atoms with E-state index in [0.29, 0.717) is 15.9 Å². The van der Waals surface area contributed by atoms with Gasteiger partial charge in [-0.1, -0.05) is 23.8 Å². The number of halogens is 1. The first-order valence-corrected chi connectivity index (χ1v) is 7.30. The Labute approximate surface area is 124 Å². The lowest BCUT2D eigenvalue weighted by Crippen LogP contribution is -2.38. The molecule has 1 fully saturated rings. The maximum absolute atomic E-state index is 9.64. The molecule has 5 heteroatoms. The normalized spacial score (nSPS) is 18.4. The molecule has 19 heavy (non-hydrogen) atoms. The second kappa shape index (κ2) is 6.07. The van der Waals surface area contributed by atoms with Crippen molar-refractivity contribution in [2.24, 2.45) is 11.7 Å². The number of rotatable bonds is 3. The topological polar surface area (TPSA) is 49.5 Å². The van der Waals surface area contributed by atoms with Gasteiger partial charge in [-0.15, -0.1) is 0 Å². The summed E-state index contributed by atoms with van der Waals surface area (Å²) in [6, 6.07) is 5.60. The van der Waals surface area contributed by atoms with Gasteiger partial charge in [-0.3, -0.25) is 0 Å². The first-order valence-electron chi connectivity index (χ1n) is 6.51. The molecule has 3 nitrogen and oxygen atoms in total. The van der Waals surface area contributed by atoms with E-state index >= 15 is 0 Å². The highest BCUT2D eigenvalue weighted by Crippen LogP contribution is 2.30. The molecule has 0 saturated carbocycles. The van der Waals surface area contributed by atoms with Gasteiger partial charge in [0.05, 0.1) is 6.10 Å². The molecule has 0 aromatic heterocycles. The van der Waals surface area contributed by atoms with Crippen molar-refractivity contribution in [3.63, 3.8) is 0 Å². The van der Waals surface area contributed by atoms with Gasteiger partial charge in [-0.25, -0.2) is 0 Å². The van der Waals surface area contributed by atoms with Gasteiger partial charge in [0.2, 0.25) is 0 Å². The number of aliphatic hydroxyl groups excluding tert-OH is 1. The summed E-state index contributed by atoms with van der Waals surface area (Å²) < 4.78 is 0. The summed E-state index contributed by atoms with van der Waals surface area (Å²) in [7, 11) is 0. The monoisotopic (exact) mass is 298 g/mol. The molecule has 1 saturated heterocycles. The van der Waals surface area contributed by atoms with Crippen LogP contribution in [0.2, 0.25) is 5.02 Å². The summed E-state index contributed by atoms with van der Waals surface area (Å²) in [4.78, 5) is 2.64. The lowest BCUT2D eigenvalue weighted by atomic mass is 9.91. The Morgan fingerprint density at radius 2 is 2.11 bits per heavy atom. The number of piperidine rings is 1. The average molecular weight is 299 g/mol. The summed E-state index contributed by atoms with van der Waals surface area (Å²) in [6.45, 7) is 3.65. The summed E-state index contributed by atoms with van der Waals surface area (Å²) in [5.41, 5.74) is 7.64. The first kappa shape index (κ1) is 14.6. The van der Waals surface area contributed by atoms with Crippen molar-refractivity contribution in [1.29, 1.82) is 0 Å². The highest BCUT2D eigenvalue weighted by molar-refractivity contribution is 7.80. The third-order valence-electron chi connectivity index (χ3n) is 3.79. The second-order valence-corrected chi connectivity index (χ2v) is 5.97. The van der Waals surface area contributed by atoms with E-state index < -0.39 is 0 Å². The molecule has 0 spiro atoms. The molecule has 1 unspecified atom stereocenters. The van der Waals surface area contributed by atoms with Gasteiger partial charge in [-0.2, -0.15) is 0 Å². The second-order valence-electron chi connectivity index (χ2n) is 5.09. The van der Waals surface area contributed by atoms with E-state index in [1.807, 2.05) is 25.1 Å². The number of nitrogens with two attached hydrogens (primary N) is 1. The van der Waals surface area contributed by atoms with E-state index in [9.17, 15) is 5.11 Å². The lowest BCUT2D eigenvalue weighted by molar-refractivity contribution is 0.110. The van der Waals surface area contributed by atoms with E-state index in [0.717, 1.165) is 37.2 Å². The Bertz CT molecular complexity index is 471. The zero-order valence-electron chi connectivity index (χ0n) is 11.0. The number of hydrogen-bond donors (Lipinski definition) is 2. The summed E-state index contributed by atoms with van der Waals surface area (Å²) in [6.07, 6.45) is 1.71. The van der Waals surface area contributed by atoms with Crippen molar-refractivity contribution < 1.29 is 5.11 Å². The van der Waals surface area contributed by atoms with Crippen LogP contribution in [-0.2, 0) is 0 Å². The highest BCUT2D eigenvalue weighted by atomic mass is 35.5. The lowest BCUT2D eigenvalue weighted by Gasteiger charge is -2.35. The number of anilines is 1. The van der Waals surface area contributed by atoms with E-state index in [2.05, 4.69) is 4.90 Å². The first-order chi connectivity index (χ1) is 8.99. The quantitative estimate of drug-likeness (QED) is 0.842. The Balaban J connectivity index is 2.19. The minimum Gasteiger partial charge on any atom is -0.393 e. The molecule has 1 aromatic carbocycles. The van der Waals surface area contributed by atoms with Gasteiger partial charge in [0.25, 0.3) is 0 Å².